The van der Waals surface area contributed by atoms with Crippen molar-refractivity contribution in [3.05, 3.63) is 0 Å². The fourth-order valence-corrected chi connectivity index (χ4v) is 2.52. The predicted octanol–water partition coefficient (Wildman–Crippen LogP) is 0.324. The van der Waals surface area contributed by atoms with E-state index >= 15 is 0 Å². The van der Waals surface area contributed by atoms with Gasteiger partial charge in [0.25, 0.3) is 0 Å². The van der Waals surface area contributed by atoms with Crippen molar-refractivity contribution in [3.63, 3.8) is 0 Å². The molecule has 1 unspecified atom stereocenters. The molecule has 2 aliphatic heterocycles. The van der Waals surface area contributed by atoms with E-state index in [-0.39, 0.29) is 17.9 Å². The zero-order valence-corrected chi connectivity index (χ0v) is 10.8. The van der Waals surface area contributed by atoms with E-state index in [1.54, 1.807) is 4.90 Å². The summed E-state index contributed by atoms with van der Waals surface area (Å²) in [5, 5.41) is 0. The van der Waals surface area contributed by atoms with Crippen LogP contribution in [0.4, 0.5) is 4.79 Å². The molecule has 0 N–H and O–H groups in total. The first-order valence-electron chi connectivity index (χ1n) is 6.42. The highest BCUT2D eigenvalue weighted by Crippen LogP contribution is 2.20. The van der Waals surface area contributed by atoms with Gasteiger partial charge >= 0.3 is 6.09 Å². The van der Waals surface area contributed by atoms with Gasteiger partial charge in [-0.05, 0) is 12.8 Å². The molecule has 102 valence electrons. The Labute approximate surface area is 107 Å². The first-order valence-corrected chi connectivity index (χ1v) is 6.42. The van der Waals surface area contributed by atoms with Crippen molar-refractivity contribution >= 4 is 12.0 Å². The van der Waals surface area contributed by atoms with Crippen LogP contribution in [0.5, 0.6) is 0 Å². The number of carbonyl (C=O) groups excluding carboxylic acids is 2. The van der Waals surface area contributed by atoms with Crippen LogP contribution < -0.4 is 0 Å². The Morgan fingerprint density at radius 1 is 1.17 bits per heavy atom. The van der Waals surface area contributed by atoms with E-state index in [4.69, 9.17) is 9.47 Å². The second-order valence-corrected chi connectivity index (χ2v) is 4.69. The number of nitrogens with zero attached hydrogens (tertiary/aromatic N) is 2. The number of morpholine rings is 1. The number of methoxy groups -OCH3 is 1. The molecular formula is C12H20N2O4. The van der Waals surface area contributed by atoms with E-state index < -0.39 is 0 Å². The average Bonchev–Trinajstić information content (AvgIpc) is 2.46. The molecule has 6 heteroatoms. The maximum absolute atomic E-state index is 12.3. The molecule has 2 saturated heterocycles. The Hall–Kier alpha value is -1.30. The lowest BCUT2D eigenvalue weighted by Gasteiger charge is -2.35. The molecule has 2 amide bonds. The lowest BCUT2D eigenvalue weighted by molar-refractivity contribution is -0.141. The molecule has 18 heavy (non-hydrogen) atoms. The zero-order valence-electron chi connectivity index (χ0n) is 10.8. The van der Waals surface area contributed by atoms with Gasteiger partial charge in [0, 0.05) is 26.2 Å². The van der Waals surface area contributed by atoms with E-state index in [0.29, 0.717) is 39.4 Å². The van der Waals surface area contributed by atoms with E-state index in [1.165, 1.54) is 7.11 Å². The molecule has 2 aliphatic rings. The zero-order chi connectivity index (χ0) is 13.0. The number of carbonyl (C=O) groups is 2. The maximum Gasteiger partial charge on any atom is 0.409 e. The van der Waals surface area contributed by atoms with Crippen molar-refractivity contribution in [3.8, 4) is 0 Å². The van der Waals surface area contributed by atoms with Crippen LogP contribution in [0.15, 0.2) is 0 Å². The highest BCUT2D eigenvalue weighted by molar-refractivity contribution is 5.80. The number of likely N-dealkylation sites (tertiary alicyclic amines) is 1. The molecule has 2 fully saturated rings. The first-order chi connectivity index (χ1) is 8.72. The highest BCUT2D eigenvalue weighted by atomic mass is 16.5. The van der Waals surface area contributed by atoms with Gasteiger partial charge in [-0.2, -0.15) is 0 Å². The van der Waals surface area contributed by atoms with Gasteiger partial charge in [-0.1, -0.05) is 0 Å². The molecule has 6 nitrogen and oxygen atoms in total. The number of amides is 2. The third-order valence-corrected chi connectivity index (χ3v) is 3.53. The molecular weight excluding hydrogens is 236 g/mol. The number of hydrogen-bond donors (Lipinski definition) is 0. The summed E-state index contributed by atoms with van der Waals surface area (Å²) in [6.07, 6.45) is 1.37. The largest absolute Gasteiger partial charge is 0.453 e. The Kier molecular flexibility index (Phi) is 4.41. The van der Waals surface area contributed by atoms with Crippen LogP contribution in [0.25, 0.3) is 0 Å². The molecule has 1 atom stereocenters. The van der Waals surface area contributed by atoms with Crippen molar-refractivity contribution in [1.82, 2.24) is 9.80 Å². The summed E-state index contributed by atoms with van der Waals surface area (Å²) in [4.78, 5) is 27.2. The van der Waals surface area contributed by atoms with Crippen molar-refractivity contribution < 1.29 is 19.1 Å². The number of ether oxygens (including phenoxy) is 2. The van der Waals surface area contributed by atoms with Gasteiger partial charge in [0.05, 0.1) is 26.2 Å². The SMILES string of the molecule is COC(=O)N1CCCC(C(=O)N2CCOCC2)C1. The Morgan fingerprint density at radius 2 is 1.89 bits per heavy atom. The minimum absolute atomic E-state index is 0.0871. The Morgan fingerprint density at radius 3 is 2.56 bits per heavy atom. The van der Waals surface area contributed by atoms with Gasteiger partial charge in [-0.3, -0.25) is 4.79 Å². The summed E-state index contributed by atoms with van der Waals surface area (Å²) in [5.74, 6) is 0.0582. The maximum atomic E-state index is 12.3. The first kappa shape index (κ1) is 13.1. The number of hydrogen-bond acceptors (Lipinski definition) is 4. The third kappa shape index (κ3) is 2.93. The molecule has 0 aliphatic carbocycles. The fourth-order valence-electron chi connectivity index (χ4n) is 2.52. The lowest BCUT2D eigenvalue weighted by Crippen LogP contribution is -2.49. The van der Waals surface area contributed by atoms with Crippen molar-refractivity contribution in [1.29, 1.82) is 0 Å². The third-order valence-electron chi connectivity index (χ3n) is 3.53. The van der Waals surface area contributed by atoms with Crippen molar-refractivity contribution in [2.24, 2.45) is 5.92 Å². The standard InChI is InChI=1S/C12H20N2O4/c1-17-12(16)14-4-2-3-10(9-14)11(15)13-5-7-18-8-6-13/h10H,2-9H2,1H3. The highest BCUT2D eigenvalue weighted by Gasteiger charge is 2.32. The van der Waals surface area contributed by atoms with Crippen LogP contribution in [0.1, 0.15) is 12.8 Å². The lowest BCUT2D eigenvalue weighted by atomic mass is 9.96. The fraction of sp³-hybridized carbons (Fsp3) is 0.833. The predicted molar refractivity (Wildman–Crippen MR) is 64.1 cm³/mol. The average molecular weight is 256 g/mol. The van der Waals surface area contributed by atoms with Gasteiger partial charge in [-0.25, -0.2) is 4.79 Å². The summed E-state index contributed by atoms with van der Waals surface area (Å²) in [5.41, 5.74) is 0. The molecule has 2 rings (SSSR count). The molecule has 0 spiro atoms. The monoisotopic (exact) mass is 256 g/mol. The summed E-state index contributed by atoms with van der Waals surface area (Å²) < 4.78 is 9.94. The number of rotatable bonds is 1. The summed E-state index contributed by atoms with van der Waals surface area (Å²) >= 11 is 0. The smallest absolute Gasteiger partial charge is 0.409 e. The molecule has 0 aromatic rings. The van der Waals surface area contributed by atoms with Gasteiger partial charge < -0.3 is 19.3 Å². The van der Waals surface area contributed by atoms with Gasteiger partial charge in [0.2, 0.25) is 5.91 Å². The van der Waals surface area contributed by atoms with Crippen LogP contribution in [-0.4, -0.2) is 68.3 Å². The minimum atomic E-state index is -0.338. The summed E-state index contributed by atoms with van der Waals surface area (Å²) in [7, 11) is 1.37. The van der Waals surface area contributed by atoms with Gasteiger partial charge in [0.1, 0.15) is 0 Å². The summed E-state index contributed by atoms with van der Waals surface area (Å²) in [6.45, 7) is 3.70. The van der Waals surface area contributed by atoms with Crippen LogP contribution in [-0.2, 0) is 14.3 Å². The second-order valence-electron chi connectivity index (χ2n) is 4.69. The molecule has 0 saturated carbocycles. The summed E-state index contributed by atoms with van der Waals surface area (Å²) in [6, 6.07) is 0. The van der Waals surface area contributed by atoms with Gasteiger partial charge in [-0.15, -0.1) is 0 Å². The minimum Gasteiger partial charge on any atom is -0.453 e. The second kappa shape index (κ2) is 6.04. The van der Waals surface area contributed by atoms with Crippen LogP contribution in [0, 0.1) is 5.92 Å². The Balaban J connectivity index is 1.91. The van der Waals surface area contributed by atoms with Crippen molar-refractivity contribution in [2.45, 2.75) is 12.8 Å². The normalized spacial score (nSPS) is 24.8. The quantitative estimate of drug-likeness (QED) is 0.678. The molecule has 0 bridgehead atoms. The van der Waals surface area contributed by atoms with E-state index in [1.807, 2.05) is 4.90 Å². The number of piperidine rings is 1. The van der Waals surface area contributed by atoms with Crippen LogP contribution in [0.3, 0.4) is 0 Å². The van der Waals surface area contributed by atoms with Crippen molar-refractivity contribution in [2.75, 3.05) is 46.5 Å². The van der Waals surface area contributed by atoms with Crippen LogP contribution in [0.2, 0.25) is 0 Å². The molecule has 0 aromatic heterocycles. The molecule has 0 radical (unpaired) electrons. The van der Waals surface area contributed by atoms with E-state index in [2.05, 4.69) is 0 Å². The van der Waals surface area contributed by atoms with Gasteiger partial charge in [0.15, 0.2) is 0 Å². The van der Waals surface area contributed by atoms with Crippen LogP contribution >= 0.6 is 0 Å². The Bertz CT molecular complexity index is 315. The topological polar surface area (TPSA) is 59.1 Å². The van der Waals surface area contributed by atoms with E-state index in [9.17, 15) is 9.59 Å². The molecule has 0 aromatic carbocycles. The van der Waals surface area contributed by atoms with E-state index in [0.717, 1.165) is 12.8 Å². The molecule has 2 heterocycles.